The van der Waals surface area contributed by atoms with Crippen LogP contribution in [-0.2, 0) is 15.3 Å². The molecule has 1 aromatic heterocycles. The Labute approximate surface area is 145 Å². The number of nitrogens with zero attached hydrogens (tertiary/aromatic N) is 1. The quantitative estimate of drug-likeness (QED) is 0.532. The molecule has 0 unspecified atom stereocenters. The van der Waals surface area contributed by atoms with E-state index in [-0.39, 0.29) is 12.3 Å². The predicted octanol–water partition coefficient (Wildman–Crippen LogP) is 3.96. The molecule has 1 amide bonds. The van der Waals surface area contributed by atoms with Gasteiger partial charge in [0, 0.05) is 41.6 Å². The van der Waals surface area contributed by atoms with E-state index in [0.717, 1.165) is 16.3 Å². The summed E-state index contributed by atoms with van der Waals surface area (Å²) in [5, 5.41) is 11.4. The lowest BCUT2D eigenvalue weighted by molar-refractivity contribution is -0.137. The van der Waals surface area contributed by atoms with Crippen LogP contribution < -0.4 is 5.32 Å². The average molecular weight is 344 g/mol. The number of aliphatic carboxylic acids is 1. The van der Waals surface area contributed by atoms with E-state index in [2.05, 4.69) is 10.3 Å². The molecule has 1 aromatic carbocycles. The number of hydrogen-bond acceptors (Lipinski definition) is 4. The molecule has 0 spiro atoms. The lowest BCUT2D eigenvalue weighted by Gasteiger charge is -2.06. The fraction of sp³-hybridized carbons (Fsp3) is 0.278. The number of carboxylic acid groups (broad SMARTS) is 1. The minimum atomic E-state index is -0.824. The zero-order valence-corrected chi connectivity index (χ0v) is 14.1. The lowest BCUT2D eigenvalue weighted by atomic mass is 10.2. The molecule has 0 aliphatic heterocycles. The monoisotopic (exact) mass is 344 g/mol. The summed E-state index contributed by atoms with van der Waals surface area (Å²) in [5.41, 5.74) is 1.92. The number of aromatic nitrogens is 1. The molecule has 126 valence electrons. The molecule has 0 saturated heterocycles. The van der Waals surface area contributed by atoms with Gasteiger partial charge in [-0.2, -0.15) is 0 Å². The Morgan fingerprint density at radius 1 is 1.08 bits per heavy atom. The van der Waals surface area contributed by atoms with E-state index < -0.39 is 5.97 Å². The van der Waals surface area contributed by atoms with Crippen LogP contribution in [0, 0.1) is 0 Å². The van der Waals surface area contributed by atoms with Gasteiger partial charge in [0.1, 0.15) is 0 Å². The minimum Gasteiger partial charge on any atom is -0.481 e. The minimum absolute atomic E-state index is 0.0869. The average Bonchev–Trinajstić information content (AvgIpc) is 2.59. The van der Waals surface area contributed by atoms with Crippen LogP contribution in [0.5, 0.6) is 0 Å². The first kappa shape index (κ1) is 18.0. The number of carbonyl (C=O) groups is 2. The molecule has 0 bridgehead atoms. The summed E-state index contributed by atoms with van der Waals surface area (Å²) in [7, 11) is 0. The fourth-order valence-electron chi connectivity index (χ4n) is 2.07. The van der Waals surface area contributed by atoms with Crippen molar-refractivity contribution >= 4 is 29.3 Å². The SMILES string of the molecule is O=C(O)CCCCC(=O)Nc1ccc(SCc2cccnc2)cc1. The van der Waals surface area contributed by atoms with Gasteiger partial charge in [0.2, 0.25) is 5.91 Å². The van der Waals surface area contributed by atoms with Crippen molar-refractivity contribution < 1.29 is 14.7 Å². The third-order valence-corrected chi connectivity index (χ3v) is 4.39. The predicted molar refractivity (Wildman–Crippen MR) is 95.0 cm³/mol. The number of rotatable bonds is 9. The molecule has 2 aromatic rings. The topological polar surface area (TPSA) is 79.3 Å². The van der Waals surface area contributed by atoms with Crippen LogP contribution in [0.15, 0.2) is 53.7 Å². The van der Waals surface area contributed by atoms with Crippen molar-refractivity contribution in [1.82, 2.24) is 4.98 Å². The first-order valence-corrected chi connectivity index (χ1v) is 8.75. The third-order valence-electron chi connectivity index (χ3n) is 3.31. The standard InChI is InChI=1S/C18H20N2O3S/c21-17(5-1-2-6-18(22)23)20-15-7-9-16(10-8-15)24-13-14-4-3-11-19-12-14/h3-4,7-12H,1-2,5-6,13H2,(H,20,21)(H,22,23). The molecule has 24 heavy (non-hydrogen) atoms. The van der Waals surface area contributed by atoms with Crippen molar-refractivity contribution in [2.75, 3.05) is 5.32 Å². The number of anilines is 1. The van der Waals surface area contributed by atoms with Crippen LogP contribution in [0.3, 0.4) is 0 Å². The van der Waals surface area contributed by atoms with Crippen LogP contribution in [0.25, 0.3) is 0 Å². The number of nitrogens with one attached hydrogen (secondary N) is 1. The number of amides is 1. The maximum Gasteiger partial charge on any atom is 0.303 e. The third kappa shape index (κ3) is 6.83. The summed E-state index contributed by atoms with van der Waals surface area (Å²) in [6, 6.07) is 11.7. The zero-order chi connectivity index (χ0) is 17.2. The second-order valence-electron chi connectivity index (χ2n) is 5.32. The number of benzene rings is 1. The highest BCUT2D eigenvalue weighted by Crippen LogP contribution is 2.24. The highest BCUT2D eigenvalue weighted by atomic mass is 32.2. The van der Waals surface area contributed by atoms with Crippen molar-refractivity contribution in [1.29, 1.82) is 0 Å². The van der Waals surface area contributed by atoms with Crippen LogP contribution in [0.2, 0.25) is 0 Å². The molecular formula is C18H20N2O3S. The maximum atomic E-state index is 11.8. The van der Waals surface area contributed by atoms with Gasteiger partial charge in [-0.1, -0.05) is 6.07 Å². The van der Waals surface area contributed by atoms with Gasteiger partial charge >= 0.3 is 5.97 Å². The van der Waals surface area contributed by atoms with E-state index in [1.165, 1.54) is 5.56 Å². The van der Waals surface area contributed by atoms with Crippen LogP contribution in [0.4, 0.5) is 5.69 Å². The second kappa shape index (κ2) is 9.72. The van der Waals surface area contributed by atoms with Crippen molar-refractivity contribution in [3.63, 3.8) is 0 Å². The van der Waals surface area contributed by atoms with Crippen LogP contribution in [0.1, 0.15) is 31.2 Å². The fourth-order valence-corrected chi connectivity index (χ4v) is 2.90. The Hall–Kier alpha value is -2.34. The summed E-state index contributed by atoms with van der Waals surface area (Å²) >= 11 is 1.71. The normalized spacial score (nSPS) is 10.3. The maximum absolute atomic E-state index is 11.8. The summed E-state index contributed by atoms with van der Waals surface area (Å²) in [5.74, 6) is -0.0609. The number of thioether (sulfide) groups is 1. The Kier molecular flexibility index (Phi) is 7.29. The summed E-state index contributed by atoms with van der Waals surface area (Å²) in [6.07, 6.45) is 5.16. The van der Waals surface area contributed by atoms with Crippen LogP contribution in [-0.4, -0.2) is 22.0 Å². The molecule has 2 N–H and O–H groups in total. The molecule has 0 radical (unpaired) electrons. The first-order chi connectivity index (χ1) is 11.6. The largest absolute Gasteiger partial charge is 0.481 e. The van der Waals surface area contributed by atoms with Gasteiger partial charge in [-0.25, -0.2) is 0 Å². The Balaban J connectivity index is 1.73. The molecule has 0 fully saturated rings. The summed E-state index contributed by atoms with van der Waals surface area (Å²) < 4.78 is 0. The molecule has 1 heterocycles. The zero-order valence-electron chi connectivity index (χ0n) is 13.3. The number of hydrogen-bond donors (Lipinski definition) is 2. The van der Waals surface area contributed by atoms with Crippen molar-refractivity contribution in [2.24, 2.45) is 0 Å². The van der Waals surface area contributed by atoms with E-state index in [1.807, 2.05) is 42.6 Å². The molecule has 6 heteroatoms. The lowest BCUT2D eigenvalue weighted by Crippen LogP contribution is -2.11. The molecule has 0 saturated carbocycles. The number of carbonyl (C=O) groups excluding carboxylic acids is 1. The van der Waals surface area contributed by atoms with Gasteiger partial charge in [0.25, 0.3) is 0 Å². The van der Waals surface area contributed by atoms with Gasteiger partial charge in [-0.05, 0) is 48.7 Å². The molecule has 0 aliphatic rings. The van der Waals surface area contributed by atoms with E-state index in [9.17, 15) is 9.59 Å². The molecule has 5 nitrogen and oxygen atoms in total. The van der Waals surface area contributed by atoms with E-state index in [4.69, 9.17) is 5.11 Å². The molecular weight excluding hydrogens is 324 g/mol. The summed E-state index contributed by atoms with van der Waals surface area (Å²) in [6.45, 7) is 0. The number of pyridine rings is 1. The molecule has 0 aliphatic carbocycles. The smallest absolute Gasteiger partial charge is 0.303 e. The van der Waals surface area contributed by atoms with E-state index in [0.29, 0.717) is 19.3 Å². The van der Waals surface area contributed by atoms with Crippen molar-refractivity contribution in [3.8, 4) is 0 Å². The number of unbranched alkanes of at least 4 members (excludes halogenated alkanes) is 1. The first-order valence-electron chi connectivity index (χ1n) is 7.77. The molecule has 0 atom stereocenters. The van der Waals surface area contributed by atoms with Gasteiger partial charge in [-0.15, -0.1) is 11.8 Å². The van der Waals surface area contributed by atoms with E-state index >= 15 is 0 Å². The van der Waals surface area contributed by atoms with Crippen molar-refractivity contribution in [3.05, 3.63) is 54.4 Å². The second-order valence-corrected chi connectivity index (χ2v) is 6.37. The number of carboxylic acids is 1. The highest BCUT2D eigenvalue weighted by molar-refractivity contribution is 7.98. The van der Waals surface area contributed by atoms with Gasteiger partial charge < -0.3 is 10.4 Å². The van der Waals surface area contributed by atoms with Crippen LogP contribution >= 0.6 is 11.8 Å². The van der Waals surface area contributed by atoms with E-state index in [1.54, 1.807) is 18.0 Å². The highest BCUT2D eigenvalue weighted by Gasteiger charge is 2.04. The molecule has 2 rings (SSSR count). The van der Waals surface area contributed by atoms with Gasteiger partial charge in [0.15, 0.2) is 0 Å². The summed E-state index contributed by atoms with van der Waals surface area (Å²) in [4.78, 5) is 27.4. The van der Waals surface area contributed by atoms with Crippen molar-refractivity contribution in [2.45, 2.75) is 36.3 Å². The Morgan fingerprint density at radius 3 is 2.50 bits per heavy atom. The van der Waals surface area contributed by atoms with Gasteiger partial charge in [0.05, 0.1) is 0 Å². The van der Waals surface area contributed by atoms with Gasteiger partial charge in [-0.3, -0.25) is 14.6 Å². The Morgan fingerprint density at radius 2 is 1.83 bits per heavy atom. The Bertz CT molecular complexity index is 660.